The number of hydrogen-bond acceptors (Lipinski definition) is 6. The summed E-state index contributed by atoms with van der Waals surface area (Å²) in [7, 11) is 1.50. The first-order chi connectivity index (χ1) is 15.5. The van der Waals surface area contributed by atoms with E-state index < -0.39 is 18.0 Å². The van der Waals surface area contributed by atoms with Gasteiger partial charge < -0.3 is 14.8 Å². The van der Waals surface area contributed by atoms with Crippen LogP contribution in [-0.2, 0) is 16.1 Å². The number of anilines is 1. The van der Waals surface area contributed by atoms with Crippen LogP contribution in [0.3, 0.4) is 0 Å². The monoisotopic (exact) mass is 437 g/mol. The van der Waals surface area contributed by atoms with E-state index in [1.54, 1.807) is 48.5 Å². The number of carbonyl (C=O) groups is 2. The number of ether oxygens (including phenoxy) is 2. The second-order valence-corrected chi connectivity index (χ2v) is 7.37. The van der Waals surface area contributed by atoms with E-state index in [1.807, 2.05) is 0 Å². The summed E-state index contributed by atoms with van der Waals surface area (Å²) >= 11 is 0. The lowest BCUT2D eigenvalue weighted by Crippen LogP contribution is -2.32. The topological polar surface area (TPSA) is 99.5 Å². The Hall–Kier alpha value is -3.68. The third kappa shape index (κ3) is 5.14. The predicted octanol–water partition coefficient (Wildman–Crippen LogP) is 3.78. The maximum atomic E-state index is 12.9. The Bertz CT molecular complexity index is 1170. The molecule has 3 rings (SSSR count). The van der Waals surface area contributed by atoms with Gasteiger partial charge in [-0.1, -0.05) is 50.1 Å². The molecule has 0 aliphatic rings. The molecule has 3 aromatic rings. The Morgan fingerprint density at radius 2 is 1.75 bits per heavy atom. The van der Waals surface area contributed by atoms with E-state index in [1.165, 1.54) is 18.7 Å². The number of rotatable bonds is 9. The number of benzene rings is 2. The van der Waals surface area contributed by atoms with Crippen molar-refractivity contribution in [3.8, 4) is 5.75 Å². The van der Waals surface area contributed by atoms with Crippen LogP contribution in [0, 0.1) is 0 Å². The molecule has 0 saturated carbocycles. The zero-order chi connectivity index (χ0) is 23.1. The average Bonchev–Trinajstić information content (AvgIpc) is 2.81. The molecule has 0 aliphatic heterocycles. The maximum Gasteiger partial charge on any atom is 0.360 e. The summed E-state index contributed by atoms with van der Waals surface area (Å²) in [5.74, 6) is -0.789. The molecule has 0 saturated heterocycles. The molecule has 1 aromatic heterocycles. The van der Waals surface area contributed by atoms with Crippen molar-refractivity contribution in [1.29, 1.82) is 0 Å². The lowest BCUT2D eigenvalue weighted by molar-refractivity contribution is -0.123. The molecule has 0 spiro atoms. The summed E-state index contributed by atoms with van der Waals surface area (Å²) in [6, 6.07) is 13.7. The molecule has 1 amide bonds. The van der Waals surface area contributed by atoms with Crippen molar-refractivity contribution in [2.75, 3.05) is 12.4 Å². The van der Waals surface area contributed by atoms with Gasteiger partial charge in [-0.15, -0.1) is 0 Å². The fourth-order valence-corrected chi connectivity index (χ4v) is 3.30. The minimum atomic E-state index is -1.09. The number of fused-ring (bicyclic) bond motifs is 1. The standard InChI is InChI=1S/C24H27N3O5/c1-4-5-10-15-27-23(29)18-12-7-6-11-17(18)21(26-27)24(30)32-16(2)22(28)25-19-13-8-9-14-20(19)31-3/h6-9,11-14,16H,4-5,10,15H2,1-3H3,(H,25,28). The molecule has 1 atom stereocenters. The van der Waals surface area contributed by atoms with Crippen LogP contribution in [0.15, 0.2) is 53.3 Å². The third-order valence-corrected chi connectivity index (χ3v) is 5.05. The van der Waals surface area contributed by atoms with Gasteiger partial charge in [-0.2, -0.15) is 5.10 Å². The largest absolute Gasteiger partial charge is 0.495 e. The van der Waals surface area contributed by atoms with Crippen LogP contribution in [0.2, 0.25) is 0 Å². The van der Waals surface area contributed by atoms with Crippen LogP contribution in [-0.4, -0.2) is 34.9 Å². The number of aryl methyl sites for hydroxylation is 1. The zero-order valence-electron chi connectivity index (χ0n) is 18.5. The van der Waals surface area contributed by atoms with Crippen molar-refractivity contribution in [3.05, 3.63) is 64.6 Å². The van der Waals surface area contributed by atoms with Gasteiger partial charge in [-0.3, -0.25) is 9.59 Å². The highest BCUT2D eigenvalue weighted by molar-refractivity contribution is 6.04. The van der Waals surface area contributed by atoms with Gasteiger partial charge >= 0.3 is 5.97 Å². The predicted molar refractivity (Wildman–Crippen MR) is 122 cm³/mol. The number of nitrogens with zero attached hydrogens (tertiary/aromatic N) is 2. The highest BCUT2D eigenvalue weighted by Gasteiger charge is 2.24. The Kier molecular flexibility index (Phi) is 7.59. The van der Waals surface area contributed by atoms with Gasteiger partial charge in [0.15, 0.2) is 11.8 Å². The quantitative estimate of drug-likeness (QED) is 0.404. The number of esters is 1. The van der Waals surface area contributed by atoms with Crippen molar-refractivity contribution < 1.29 is 19.1 Å². The number of aromatic nitrogens is 2. The number of nitrogens with one attached hydrogen (secondary N) is 1. The molecule has 32 heavy (non-hydrogen) atoms. The number of carbonyl (C=O) groups excluding carboxylic acids is 2. The highest BCUT2D eigenvalue weighted by atomic mass is 16.5. The Morgan fingerprint density at radius 1 is 1.06 bits per heavy atom. The first kappa shape index (κ1) is 23.0. The number of unbranched alkanes of at least 4 members (excludes halogenated alkanes) is 2. The molecule has 0 bridgehead atoms. The van der Waals surface area contributed by atoms with Crippen LogP contribution < -0.4 is 15.6 Å². The zero-order valence-corrected chi connectivity index (χ0v) is 18.5. The molecule has 0 aliphatic carbocycles. The Labute approximate surface area is 186 Å². The van der Waals surface area contributed by atoms with E-state index in [2.05, 4.69) is 17.3 Å². The lowest BCUT2D eigenvalue weighted by atomic mass is 10.1. The van der Waals surface area contributed by atoms with Crippen LogP contribution in [0.1, 0.15) is 43.6 Å². The van der Waals surface area contributed by atoms with Gasteiger partial charge in [0.2, 0.25) is 0 Å². The smallest absolute Gasteiger partial charge is 0.360 e. The van der Waals surface area contributed by atoms with Crippen LogP contribution >= 0.6 is 0 Å². The number of hydrogen-bond donors (Lipinski definition) is 1. The molecule has 1 unspecified atom stereocenters. The molecule has 1 N–H and O–H groups in total. The summed E-state index contributed by atoms with van der Waals surface area (Å²) in [5, 5.41) is 7.75. The van der Waals surface area contributed by atoms with Crippen molar-refractivity contribution in [3.63, 3.8) is 0 Å². The molecule has 0 fully saturated rings. The Morgan fingerprint density at radius 3 is 2.47 bits per heavy atom. The number of para-hydroxylation sites is 2. The molecule has 1 heterocycles. The molecule has 8 nitrogen and oxygen atoms in total. The highest BCUT2D eigenvalue weighted by Crippen LogP contribution is 2.23. The second-order valence-electron chi connectivity index (χ2n) is 7.37. The van der Waals surface area contributed by atoms with Gasteiger partial charge in [-0.25, -0.2) is 9.48 Å². The van der Waals surface area contributed by atoms with Gasteiger partial charge in [0.25, 0.3) is 11.5 Å². The summed E-state index contributed by atoms with van der Waals surface area (Å²) in [6.07, 6.45) is 1.62. The number of methoxy groups -OCH3 is 1. The Balaban J connectivity index is 1.83. The molecular weight excluding hydrogens is 410 g/mol. The third-order valence-electron chi connectivity index (χ3n) is 5.05. The summed E-state index contributed by atoms with van der Waals surface area (Å²) in [6.45, 7) is 3.95. The second kappa shape index (κ2) is 10.6. The molecule has 8 heteroatoms. The van der Waals surface area contributed by atoms with Crippen molar-refractivity contribution in [2.24, 2.45) is 0 Å². The summed E-state index contributed by atoms with van der Waals surface area (Å²) in [5.41, 5.74) is 0.222. The van der Waals surface area contributed by atoms with E-state index >= 15 is 0 Å². The SMILES string of the molecule is CCCCCn1nc(C(=O)OC(C)C(=O)Nc2ccccc2OC)c2ccccc2c1=O. The maximum absolute atomic E-state index is 12.9. The summed E-state index contributed by atoms with van der Waals surface area (Å²) in [4.78, 5) is 38.3. The van der Waals surface area contributed by atoms with Gasteiger partial charge in [0, 0.05) is 11.9 Å². The molecule has 2 aromatic carbocycles. The van der Waals surface area contributed by atoms with Gasteiger partial charge in [0.1, 0.15) is 5.75 Å². The number of amides is 1. The van der Waals surface area contributed by atoms with Crippen molar-refractivity contribution in [1.82, 2.24) is 9.78 Å². The summed E-state index contributed by atoms with van der Waals surface area (Å²) < 4.78 is 11.9. The van der Waals surface area contributed by atoms with E-state index in [0.717, 1.165) is 19.3 Å². The average molecular weight is 437 g/mol. The molecule has 168 valence electrons. The van der Waals surface area contributed by atoms with E-state index in [4.69, 9.17) is 9.47 Å². The normalized spacial score (nSPS) is 11.7. The molecule has 0 radical (unpaired) electrons. The van der Waals surface area contributed by atoms with Crippen molar-refractivity contribution >= 4 is 28.3 Å². The minimum Gasteiger partial charge on any atom is -0.495 e. The van der Waals surface area contributed by atoms with E-state index in [9.17, 15) is 14.4 Å². The van der Waals surface area contributed by atoms with Crippen LogP contribution in [0.25, 0.3) is 10.8 Å². The van der Waals surface area contributed by atoms with Crippen LogP contribution in [0.5, 0.6) is 5.75 Å². The van der Waals surface area contributed by atoms with E-state index in [0.29, 0.717) is 28.8 Å². The van der Waals surface area contributed by atoms with E-state index in [-0.39, 0.29) is 11.3 Å². The minimum absolute atomic E-state index is 0.00800. The first-order valence-electron chi connectivity index (χ1n) is 10.6. The van der Waals surface area contributed by atoms with Crippen LogP contribution in [0.4, 0.5) is 5.69 Å². The fraction of sp³-hybridized carbons (Fsp3) is 0.333. The first-order valence-corrected chi connectivity index (χ1v) is 10.6. The van der Waals surface area contributed by atoms with Gasteiger partial charge in [0.05, 0.1) is 18.2 Å². The molecular formula is C24H27N3O5. The van der Waals surface area contributed by atoms with Gasteiger partial charge in [-0.05, 0) is 31.5 Å². The fourth-order valence-electron chi connectivity index (χ4n) is 3.30. The lowest BCUT2D eigenvalue weighted by Gasteiger charge is -2.16. The van der Waals surface area contributed by atoms with Crippen molar-refractivity contribution in [2.45, 2.75) is 45.8 Å².